The van der Waals surface area contributed by atoms with E-state index in [4.69, 9.17) is 9.15 Å². The molecule has 9 nitrogen and oxygen atoms in total. The van der Waals surface area contributed by atoms with E-state index in [2.05, 4.69) is 10.6 Å². The molecule has 0 saturated carbocycles. The van der Waals surface area contributed by atoms with E-state index in [-0.39, 0.29) is 19.1 Å². The number of fused-ring (bicyclic) bond motifs is 1. The first-order valence-electron chi connectivity index (χ1n) is 12.1. The maximum Gasteiger partial charge on any atom is 0.340 e. The third-order valence-corrected chi connectivity index (χ3v) is 6.48. The summed E-state index contributed by atoms with van der Waals surface area (Å²) in [5.41, 5.74) is 2.96. The van der Waals surface area contributed by atoms with Crippen molar-refractivity contribution in [1.82, 2.24) is 10.6 Å². The number of carboxylic acid groups (broad SMARTS) is 1. The summed E-state index contributed by atoms with van der Waals surface area (Å²) < 4.78 is 11.3. The molecule has 3 rings (SSSR count). The highest BCUT2D eigenvalue weighted by Crippen LogP contribution is 2.30. The van der Waals surface area contributed by atoms with Crippen LogP contribution in [0, 0.1) is 19.8 Å². The lowest BCUT2D eigenvalue weighted by Gasteiger charge is -2.20. The molecule has 0 radical (unpaired) electrons. The number of amides is 2. The normalized spacial score (nSPS) is 12.5. The molecule has 1 heterocycles. The van der Waals surface area contributed by atoms with Crippen molar-refractivity contribution in [2.24, 2.45) is 5.92 Å². The third-order valence-electron chi connectivity index (χ3n) is 6.48. The summed E-state index contributed by atoms with van der Waals surface area (Å²) in [5, 5.41) is 14.9. The Bertz CT molecular complexity index is 1350. The molecule has 1 aromatic heterocycles. The molecule has 0 saturated heterocycles. The van der Waals surface area contributed by atoms with Crippen LogP contribution in [0.4, 0.5) is 0 Å². The van der Waals surface area contributed by atoms with E-state index in [0.717, 1.165) is 16.5 Å². The molecule has 2 aromatic carbocycles. The van der Waals surface area contributed by atoms with E-state index in [0.29, 0.717) is 35.3 Å². The predicted molar refractivity (Wildman–Crippen MR) is 139 cm³/mol. The molecule has 0 spiro atoms. The number of ether oxygens (including phenoxy) is 1. The summed E-state index contributed by atoms with van der Waals surface area (Å²) in [6.45, 7) is 6.43. The van der Waals surface area contributed by atoms with Gasteiger partial charge in [0, 0.05) is 22.9 Å². The van der Waals surface area contributed by atoms with Gasteiger partial charge in [-0.05, 0) is 43.0 Å². The Morgan fingerprint density at radius 3 is 2.38 bits per heavy atom. The lowest BCUT2D eigenvalue weighted by Crippen LogP contribution is -2.48. The quantitative estimate of drug-likeness (QED) is 0.339. The number of nitrogens with one attached hydrogen (secondary N) is 2. The maximum atomic E-state index is 12.8. The lowest BCUT2D eigenvalue weighted by atomic mass is 9.98. The van der Waals surface area contributed by atoms with Gasteiger partial charge in [0.2, 0.25) is 5.91 Å². The molecule has 9 heteroatoms. The van der Waals surface area contributed by atoms with Gasteiger partial charge < -0.3 is 24.9 Å². The van der Waals surface area contributed by atoms with Crippen molar-refractivity contribution in [3.63, 3.8) is 0 Å². The average Bonchev–Trinajstić information content (AvgIpc) is 2.88. The van der Waals surface area contributed by atoms with Crippen LogP contribution in [0.3, 0.4) is 0 Å². The second-order valence-electron chi connectivity index (χ2n) is 9.06. The van der Waals surface area contributed by atoms with Gasteiger partial charge in [-0.25, -0.2) is 9.59 Å². The lowest BCUT2D eigenvalue weighted by molar-refractivity contribution is -0.143. The number of aryl methyl sites for hydroxylation is 2. The van der Waals surface area contributed by atoms with Crippen LogP contribution >= 0.6 is 0 Å². The van der Waals surface area contributed by atoms with Crippen LogP contribution in [-0.2, 0) is 20.8 Å². The minimum atomic E-state index is -1.13. The SMILES string of the molecule is CC[C@H](C)[C@H](NC(=O)CNC(=O)COc1ccc2c(C)c(Cc3ccccc3)c(=O)oc2c1C)C(=O)O. The van der Waals surface area contributed by atoms with Crippen molar-refractivity contribution >= 4 is 28.8 Å². The molecule has 0 aliphatic carbocycles. The zero-order valence-electron chi connectivity index (χ0n) is 21.4. The fourth-order valence-corrected chi connectivity index (χ4v) is 4.01. The highest BCUT2D eigenvalue weighted by molar-refractivity contribution is 5.89. The molecular weight excluding hydrogens is 476 g/mol. The first kappa shape index (κ1) is 27.4. The Morgan fingerprint density at radius 1 is 1.03 bits per heavy atom. The molecule has 196 valence electrons. The smallest absolute Gasteiger partial charge is 0.340 e. The van der Waals surface area contributed by atoms with E-state index < -0.39 is 29.5 Å². The maximum absolute atomic E-state index is 12.8. The van der Waals surface area contributed by atoms with Crippen LogP contribution in [0.15, 0.2) is 51.7 Å². The topological polar surface area (TPSA) is 135 Å². The van der Waals surface area contributed by atoms with E-state index in [1.807, 2.05) is 44.2 Å². The molecule has 2 amide bonds. The highest BCUT2D eigenvalue weighted by atomic mass is 16.5. The largest absolute Gasteiger partial charge is 0.483 e. The second kappa shape index (κ2) is 12.2. The molecular formula is C28H32N2O7. The van der Waals surface area contributed by atoms with E-state index >= 15 is 0 Å². The minimum absolute atomic E-state index is 0.255. The van der Waals surface area contributed by atoms with Gasteiger partial charge in [-0.15, -0.1) is 0 Å². The number of hydrogen-bond acceptors (Lipinski definition) is 6. The third kappa shape index (κ3) is 6.75. The Hall–Kier alpha value is -4.14. The van der Waals surface area contributed by atoms with Crippen LogP contribution < -0.4 is 21.0 Å². The van der Waals surface area contributed by atoms with Crippen LogP contribution in [0.2, 0.25) is 0 Å². The van der Waals surface area contributed by atoms with Gasteiger partial charge in [-0.1, -0.05) is 50.6 Å². The number of carbonyl (C=O) groups excluding carboxylic acids is 2. The van der Waals surface area contributed by atoms with E-state index in [1.165, 1.54) is 0 Å². The minimum Gasteiger partial charge on any atom is -0.483 e. The van der Waals surface area contributed by atoms with Gasteiger partial charge in [-0.2, -0.15) is 0 Å². The number of hydrogen-bond donors (Lipinski definition) is 3. The molecule has 0 unspecified atom stereocenters. The second-order valence-corrected chi connectivity index (χ2v) is 9.06. The number of rotatable bonds is 11. The van der Waals surface area contributed by atoms with Gasteiger partial charge in [0.1, 0.15) is 17.4 Å². The van der Waals surface area contributed by atoms with Crippen molar-refractivity contribution in [1.29, 1.82) is 0 Å². The van der Waals surface area contributed by atoms with Gasteiger partial charge in [0.25, 0.3) is 5.91 Å². The summed E-state index contributed by atoms with van der Waals surface area (Å²) in [4.78, 5) is 48.4. The molecule has 2 atom stereocenters. The fraction of sp³-hybridized carbons (Fsp3) is 0.357. The molecule has 3 N–H and O–H groups in total. The van der Waals surface area contributed by atoms with Gasteiger partial charge >= 0.3 is 11.6 Å². The fourth-order valence-electron chi connectivity index (χ4n) is 4.01. The summed E-state index contributed by atoms with van der Waals surface area (Å²) in [7, 11) is 0. The Morgan fingerprint density at radius 2 is 1.73 bits per heavy atom. The number of carbonyl (C=O) groups is 3. The van der Waals surface area contributed by atoms with Crippen molar-refractivity contribution in [3.8, 4) is 5.75 Å². The van der Waals surface area contributed by atoms with Crippen molar-refractivity contribution in [2.75, 3.05) is 13.2 Å². The predicted octanol–water partition coefficient (Wildman–Crippen LogP) is 3.11. The summed E-state index contributed by atoms with van der Waals surface area (Å²) in [6.07, 6.45) is 1.04. The van der Waals surface area contributed by atoms with Crippen LogP contribution in [0.1, 0.15) is 42.5 Å². The summed E-state index contributed by atoms with van der Waals surface area (Å²) in [5.74, 6) is -2.17. The standard InChI is InChI=1S/C28H32N2O7/c1-5-16(2)25(27(33)34)30-23(31)14-29-24(32)15-36-22-12-11-20-17(3)21(13-19-9-7-6-8-10-19)28(35)37-26(20)18(22)4/h6-12,16,25H,5,13-15H2,1-4H3,(H,29,32)(H,30,31)(H,33,34)/t16-,25-/m0/s1. The van der Waals surface area contributed by atoms with Crippen molar-refractivity contribution in [3.05, 3.63) is 75.1 Å². The van der Waals surface area contributed by atoms with Gasteiger partial charge in [-0.3, -0.25) is 9.59 Å². The van der Waals surface area contributed by atoms with Crippen molar-refractivity contribution < 1.29 is 28.6 Å². The number of carboxylic acids is 1. The monoisotopic (exact) mass is 508 g/mol. The van der Waals surface area contributed by atoms with E-state index in [9.17, 15) is 24.3 Å². The van der Waals surface area contributed by atoms with Crippen LogP contribution in [0.25, 0.3) is 11.0 Å². The molecule has 3 aromatic rings. The summed E-state index contributed by atoms with van der Waals surface area (Å²) in [6, 6.07) is 12.1. The first-order chi connectivity index (χ1) is 17.6. The van der Waals surface area contributed by atoms with Gasteiger partial charge in [0.15, 0.2) is 6.61 Å². The van der Waals surface area contributed by atoms with E-state index in [1.54, 1.807) is 26.0 Å². The van der Waals surface area contributed by atoms with Crippen molar-refractivity contribution in [2.45, 2.75) is 46.6 Å². The zero-order valence-corrected chi connectivity index (χ0v) is 21.4. The molecule has 0 bridgehead atoms. The Balaban J connectivity index is 1.65. The zero-order chi connectivity index (χ0) is 27.1. The molecule has 0 fully saturated rings. The molecule has 0 aliphatic heterocycles. The highest BCUT2D eigenvalue weighted by Gasteiger charge is 2.25. The molecule has 37 heavy (non-hydrogen) atoms. The van der Waals surface area contributed by atoms with Crippen LogP contribution in [-0.4, -0.2) is 42.1 Å². The number of benzene rings is 2. The summed E-state index contributed by atoms with van der Waals surface area (Å²) >= 11 is 0. The molecule has 0 aliphatic rings. The van der Waals surface area contributed by atoms with Crippen LogP contribution in [0.5, 0.6) is 5.75 Å². The average molecular weight is 509 g/mol. The first-order valence-corrected chi connectivity index (χ1v) is 12.1. The number of aliphatic carboxylic acids is 1. The van der Waals surface area contributed by atoms with Gasteiger partial charge in [0.05, 0.1) is 6.54 Å². The Labute approximate surface area is 214 Å². The Kier molecular flexibility index (Phi) is 9.05.